The lowest BCUT2D eigenvalue weighted by molar-refractivity contribution is 0.133. The molecule has 0 saturated heterocycles. The monoisotopic (exact) mass is 572 g/mol. The number of rotatable bonds is 12. The number of hydrogen-bond acceptors (Lipinski definition) is 5. The van der Waals surface area contributed by atoms with E-state index in [4.69, 9.17) is 0 Å². The number of aryl methyl sites for hydroxylation is 2. The summed E-state index contributed by atoms with van der Waals surface area (Å²) in [4.78, 5) is 0. The Morgan fingerprint density at radius 3 is 2.41 bits per heavy atom. The van der Waals surface area contributed by atoms with Crippen molar-refractivity contribution in [2.24, 2.45) is 0 Å². The average Bonchev–Trinajstić information content (AvgIpc) is 3.31. The summed E-state index contributed by atoms with van der Waals surface area (Å²) in [6, 6.07) is 24.1. The third-order valence-corrected chi connectivity index (χ3v) is 9.75. The van der Waals surface area contributed by atoms with Gasteiger partial charge >= 0.3 is 0 Å². The molecule has 2 atom stereocenters. The van der Waals surface area contributed by atoms with Gasteiger partial charge in [0.05, 0.1) is 29.1 Å². The molecule has 41 heavy (non-hydrogen) atoms. The normalized spacial score (nSPS) is 15.8. The lowest BCUT2D eigenvalue weighted by Crippen LogP contribution is -2.46. The quantitative estimate of drug-likeness (QED) is 0.220. The van der Waals surface area contributed by atoms with Gasteiger partial charge in [0.1, 0.15) is 0 Å². The number of nitrogens with zero attached hydrogens (tertiary/aromatic N) is 2. The lowest BCUT2D eigenvalue weighted by Gasteiger charge is -2.27. The highest BCUT2D eigenvalue weighted by Gasteiger charge is 2.28. The summed E-state index contributed by atoms with van der Waals surface area (Å²) in [7, 11) is -1.81. The molecule has 0 radical (unpaired) electrons. The van der Waals surface area contributed by atoms with Gasteiger partial charge in [-0.05, 0) is 60.2 Å². The van der Waals surface area contributed by atoms with Gasteiger partial charge in [0.15, 0.2) is 0 Å². The topological polar surface area (TPSA) is 86.6 Å². The van der Waals surface area contributed by atoms with Gasteiger partial charge in [0.2, 0.25) is 10.0 Å². The van der Waals surface area contributed by atoms with E-state index in [2.05, 4.69) is 65.2 Å². The van der Waals surface area contributed by atoms with E-state index in [1.54, 1.807) is 7.05 Å². The van der Waals surface area contributed by atoms with Crippen molar-refractivity contribution in [1.29, 1.82) is 0 Å². The van der Waals surface area contributed by atoms with Gasteiger partial charge in [-0.2, -0.15) is 0 Å². The van der Waals surface area contributed by atoms with Crippen LogP contribution in [0.1, 0.15) is 29.2 Å². The lowest BCUT2D eigenvalue weighted by atomic mass is 9.99. The van der Waals surface area contributed by atoms with Crippen molar-refractivity contribution in [3.8, 4) is 0 Å². The smallest absolute Gasteiger partial charge is 0.236 e. The third-order valence-electron chi connectivity index (χ3n) is 8.02. The van der Waals surface area contributed by atoms with Crippen LogP contribution in [-0.4, -0.2) is 56.1 Å². The molecule has 5 rings (SSSR count). The van der Waals surface area contributed by atoms with Gasteiger partial charge in [-0.15, -0.1) is 0 Å². The first-order valence-electron chi connectivity index (χ1n) is 14.3. The van der Waals surface area contributed by atoms with E-state index in [1.165, 1.54) is 15.4 Å². The van der Waals surface area contributed by atoms with Crippen molar-refractivity contribution in [3.05, 3.63) is 108 Å². The average molecular weight is 573 g/mol. The standard InChI is InChI=1S/C33H40N4O3S/c1-4-27-23-37-17-18-41(39,40)36(3)31-21-28(20-29(27)33(31)37)24(2)35-30(19-26-13-9-6-10-14-26)32(38)22-34-16-15-25-11-7-5-8-12-25/h5-14,20-21,23,30,32,34-35,38H,2,4,15-19,22H2,1,3H3. The second-order valence-corrected chi connectivity index (χ2v) is 12.9. The van der Waals surface area contributed by atoms with Crippen LogP contribution in [0.2, 0.25) is 0 Å². The molecule has 8 heteroatoms. The zero-order valence-corrected chi connectivity index (χ0v) is 24.7. The van der Waals surface area contributed by atoms with Crippen LogP contribution in [0.15, 0.2) is 85.6 Å². The third kappa shape index (κ3) is 6.50. The molecular weight excluding hydrogens is 532 g/mol. The van der Waals surface area contributed by atoms with Crippen LogP contribution in [0.5, 0.6) is 0 Å². The molecule has 3 N–H and O–H groups in total. The van der Waals surface area contributed by atoms with Crippen LogP contribution in [-0.2, 0) is 35.8 Å². The first-order valence-corrected chi connectivity index (χ1v) is 15.9. The number of aliphatic hydroxyl groups is 1. The zero-order chi connectivity index (χ0) is 29.0. The van der Waals surface area contributed by atoms with Crippen molar-refractivity contribution in [2.45, 2.75) is 44.9 Å². The Kier molecular flexibility index (Phi) is 8.82. The first-order chi connectivity index (χ1) is 19.8. The Bertz CT molecular complexity index is 1600. The Morgan fingerprint density at radius 1 is 1.05 bits per heavy atom. The highest BCUT2D eigenvalue weighted by Crippen LogP contribution is 2.37. The molecule has 0 fully saturated rings. The highest BCUT2D eigenvalue weighted by molar-refractivity contribution is 7.92. The maximum Gasteiger partial charge on any atom is 0.236 e. The molecule has 1 aliphatic heterocycles. The van der Waals surface area contributed by atoms with E-state index < -0.39 is 16.1 Å². The fourth-order valence-electron chi connectivity index (χ4n) is 5.59. The molecule has 2 heterocycles. The molecule has 1 aliphatic rings. The Hall–Kier alpha value is -3.59. The molecule has 3 aromatic carbocycles. The maximum atomic E-state index is 13.0. The second kappa shape index (κ2) is 12.5. The van der Waals surface area contributed by atoms with Crippen molar-refractivity contribution < 1.29 is 13.5 Å². The Labute approximate surface area is 243 Å². The predicted octanol–water partition coefficient (Wildman–Crippen LogP) is 4.35. The number of anilines is 1. The molecule has 1 aromatic heterocycles. The van der Waals surface area contributed by atoms with E-state index in [9.17, 15) is 13.5 Å². The Balaban J connectivity index is 1.38. The number of aromatic nitrogens is 1. The van der Waals surface area contributed by atoms with E-state index in [-0.39, 0.29) is 11.8 Å². The molecule has 0 saturated carbocycles. The highest BCUT2D eigenvalue weighted by atomic mass is 32.2. The number of aliphatic hydroxyl groups excluding tert-OH is 1. The van der Waals surface area contributed by atoms with Crippen LogP contribution in [0, 0.1) is 0 Å². The van der Waals surface area contributed by atoms with Gasteiger partial charge < -0.3 is 20.3 Å². The van der Waals surface area contributed by atoms with E-state index in [0.29, 0.717) is 30.9 Å². The van der Waals surface area contributed by atoms with Crippen LogP contribution >= 0.6 is 0 Å². The van der Waals surface area contributed by atoms with Gasteiger partial charge in [-0.1, -0.05) is 74.2 Å². The number of hydrogen-bond donors (Lipinski definition) is 3. The van der Waals surface area contributed by atoms with Gasteiger partial charge in [-0.25, -0.2) is 8.42 Å². The van der Waals surface area contributed by atoms with E-state index >= 15 is 0 Å². The summed E-state index contributed by atoms with van der Waals surface area (Å²) < 4.78 is 29.4. The fraction of sp³-hybridized carbons (Fsp3) is 0.333. The molecule has 0 amide bonds. The number of sulfonamides is 1. The van der Waals surface area contributed by atoms with Crippen molar-refractivity contribution in [3.63, 3.8) is 0 Å². The van der Waals surface area contributed by atoms with Crippen molar-refractivity contribution in [2.75, 3.05) is 30.2 Å². The molecular formula is C33H40N4O3S. The van der Waals surface area contributed by atoms with Gasteiger partial charge in [0.25, 0.3) is 0 Å². The minimum atomic E-state index is -3.44. The number of benzene rings is 3. The predicted molar refractivity (Wildman–Crippen MR) is 169 cm³/mol. The van der Waals surface area contributed by atoms with Gasteiger partial charge in [0, 0.05) is 37.4 Å². The summed E-state index contributed by atoms with van der Waals surface area (Å²) in [6.45, 7) is 8.09. The van der Waals surface area contributed by atoms with Gasteiger partial charge in [-0.3, -0.25) is 4.31 Å². The number of nitrogens with one attached hydrogen (secondary N) is 2. The van der Waals surface area contributed by atoms with Crippen molar-refractivity contribution in [1.82, 2.24) is 15.2 Å². The molecule has 0 spiro atoms. The van der Waals surface area contributed by atoms with Crippen LogP contribution in [0.4, 0.5) is 5.69 Å². The summed E-state index contributed by atoms with van der Waals surface area (Å²) >= 11 is 0. The molecule has 2 unspecified atom stereocenters. The van der Waals surface area contributed by atoms with Crippen molar-refractivity contribution >= 4 is 32.3 Å². The van der Waals surface area contributed by atoms with E-state index in [0.717, 1.165) is 41.4 Å². The van der Waals surface area contributed by atoms with Crippen LogP contribution in [0.25, 0.3) is 16.6 Å². The molecule has 216 valence electrons. The van der Waals surface area contributed by atoms with E-state index in [1.807, 2.05) is 42.5 Å². The summed E-state index contributed by atoms with van der Waals surface area (Å²) in [5, 5.41) is 19.3. The maximum absolute atomic E-state index is 13.0. The minimum absolute atomic E-state index is 0.0578. The summed E-state index contributed by atoms with van der Waals surface area (Å²) in [5.74, 6) is 0.0578. The van der Waals surface area contributed by atoms with Crippen LogP contribution < -0.4 is 14.9 Å². The fourth-order valence-corrected chi connectivity index (χ4v) is 6.73. The van der Waals surface area contributed by atoms with Crippen LogP contribution in [0.3, 0.4) is 0 Å². The Morgan fingerprint density at radius 2 is 1.73 bits per heavy atom. The molecule has 0 bridgehead atoms. The summed E-state index contributed by atoms with van der Waals surface area (Å²) in [5.41, 5.74) is 6.59. The first kappa shape index (κ1) is 28.9. The summed E-state index contributed by atoms with van der Waals surface area (Å²) in [6.07, 6.45) is 3.73. The molecule has 0 aliphatic carbocycles. The zero-order valence-electron chi connectivity index (χ0n) is 23.9. The SMILES string of the molecule is C=C(NC(Cc1ccccc1)C(O)CNCCc1ccccc1)c1cc2c3c(c1)c(CC)cn3CCS(=O)(=O)N2C. The largest absolute Gasteiger partial charge is 0.390 e. The molecule has 4 aromatic rings. The second-order valence-electron chi connectivity index (χ2n) is 10.8. The molecule has 7 nitrogen and oxygen atoms in total. The minimum Gasteiger partial charge on any atom is -0.390 e.